The molecule has 1 aromatic heterocycles. The molecule has 4 nitrogen and oxygen atoms in total. The van der Waals surface area contributed by atoms with Gasteiger partial charge in [-0.15, -0.1) is 0 Å². The predicted molar refractivity (Wildman–Crippen MR) is 51.2 cm³/mol. The van der Waals surface area contributed by atoms with Crippen LogP contribution in [0.5, 0.6) is 0 Å². The van der Waals surface area contributed by atoms with Crippen molar-refractivity contribution in [2.75, 3.05) is 0 Å². The van der Waals surface area contributed by atoms with E-state index >= 15 is 0 Å². The lowest BCUT2D eigenvalue weighted by Crippen LogP contribution is -2.29. The highest BCUT2D eigenvalue weighted by molar-refractivity contribution is 4.99. The van der Waals surface area contributed by atoms with Crippen molar-refractivity contribution in [3.63, 3.8) is 0 Å². The number of H-pyrrole nitrogens is 1. The van der Waals surface area contributed by atoms with Crippen molar-refractivity contribution in [2.24, 2.45) is 11.1 Å². The first-order valence-corrected chi connectivity index (χ1v) is 4.22. The van der Waals surface area contributed by atoms with Gasteiger partial charge >= 0.3 is 0 Å². The van der Waals surface area contributed by atoms with Crippen LogP contribution in [-0.4, -0.2) is 9.97 Å². The average molecular weight is 181 g/mol. The van der Waals surface area contributed by atoms with Gasteiger partial charge in [0.1, 0.15) is 5.82 Å². The maximum atomic E-state index is 11.0. The number of rotatable bonds is 1. The Morgan fingerprint density at radius 2 is 2.15 bits per heavy atom. The SMILES string of the molecule is CC(C)(C)C(N)c1nccc(=O)[nH]1. The molecule has 1 aromatic rings. The number of aromatic nitrogens is 2. The molecule has 1 rings (SSSR count). The van der Waals surface area contributed by atoms with Crippen molar-refractivity contribution in [3.05, 3.63) is 28.4 Å². The molecule has 0 bridgehead atoms. The van der Waals surface area contributed by atoms with Crippen LogP contribution in [0.25, 0.3) is 0 Å². The maximum Gasteiger partial charge on any atom is 0.250 e. The van der Waals surface area contributed by atoms with Crippen molar-refractivity contribution in [2.45, 2.75) is 26.8 Å². The van der Waals surface area contributed by atoms with Crippen LogP contribution in [0.15, 0.2) is 17.1 Å². The third kappa shape index (κ3) is 2.39. The second kappa shape index (κ2) is 3.30. The molecule has 0 aliphatic heterocycles. The number of nitrogens with two attached hydrogens (primary N) is 1. The lowest BCUT2D eigenvalue weighted by atomic mass is 9.87. The van der Waals surface area contributed by atoms with Gasteiger partial charge in [0.25, 0.3) is 5.56 Å². The van der Waals surface area contributed by atoms with Crippen LogP contribution in [0.1, 0.15) is 32.6 Å². The van der Waals surface area contributed by atoms with Gasteiger partial charge < -0.3 is 10.7 Å². The first-order chi connectivity index (χ1) is 5.91. The number of aromatic amines is 1. The molecule has 1 atom stereocenters. The van der Waals surface area contributed by atoms with Gasteiger partial charge in [0.05, 0.1) is 6.04 Å². The first-order valence-electron chi connectivity index (χ1n) is 4.22. The highest BCUT2D eigenvalue weighted by Crippen LogP contribution is 2.27. The van der Waals surface area contributed by atoms with E-state index in [0.29, 0.717) is 5.82 Å². The van der Waals surface area contributed by atoms with Crippen LogP contribution in [0.4, 0.5) is 0 Å². The third-order valence-electron chi connectivity index (χ3n) is 1.92. The minimum atomic E-state index is -0.249. The zero-order valence-electron chi connectivity index (χ0n) is 8.16. The number of nitrogens with one attached hydrogen (secondary N) is 1. The standard InChI is InChI=1S/C9H15N3O/c1-9(2,3)7(10)8-11-5-4-6(13)12-8/h4-5,7H,10H2,1-3H3,(H,11,12,13). The molecule has 0 amide bonds. The highest BCUT2D eigenvalue weighted by Gasteiger charge is 2.23. The molecule has 1 heterocycles. The Morgan fingerprint density at radius 1 is 1.54 bits per heavy atom. The monoisotopic (exact) mass is 181 g/mol. The summed E-state index contributed by atoms with van der Waals surface area (Å²) in [6, 6.07) is 1.13. The van der Waals surface area contributed by atoms with Crippen molar-refractivity contribution >= 4 is 0 Å². The van der Waals surface area contributed by atoms with Gasteiger partial charge in [-0.05, 0) is 5.41 Å². The van der Waals surface area contributed by atoms with Crippen LogP contribution in [-0.2, 0) is 0 Å². The van der Waals surface area contributed by atoms with E-state index in [9.17, 15) is 4.79 Å². The summed E-state index contributed by atoms with van der Waals surface area (Å²) in [5.41, 5.74) is 5.65. The van der Waals surface area contributed by atoms with Gasteiger partial charge in [0.2, 0.25) is 0 Å². The number of hydrogen-bond donors (Lipinski definition) is 2. The highest BCUT2D eigenvalue weighted by atomic mass is 16.1. The van der Waals surface area contributed by atoms with Crippen molar-refractivity contribution in [1.82, 2.24) is 9.97 Å². The Balaban J connectivity index is 3.02. The largest absolute Gasteiger partial charge is 0.321 e. The molecule has 0 radical (unpaired) electrons. The molecule has 3 N–H and O–H groups in total. The lowest BCUT2D eigenvalue weighted by Gasteiger charge is -2.25. The Hall–Kier alpha value is -1.16. The summed E-state index contributed by atoms with van der Waals surface area (Å²) in [6.07, 6.45) is 1.47. The average Bonchev–Trinajstić information content (AvgIpc) is 2.01. The van der Waals surface area contributed by atoms with Crippen LogP contribution in [0.3, 0.4) is 0 Å². The van der Waals surface area contributed by atoms with Crippen LogP contribution >= 0.6 is 0 Å². The summed E-state index contributed by atoms with van der Waals surface area (Å²) < 4.78 is 0. The maximum absolute atomic E-state index is 11.0. The van der Waals surface area contributed by atoms with E-state index in [1.807, 2.05) is 20.8 Å². The van der Waals surface area contributed by atoms with Gasteiger partial charge in [-0.3, -0.25) is 4.79 Å². The molecule has 13 heavy (non-hydrogen) atoms. The van der Waals surface area contributed by atoms with Gasteiger partial charge in [-0.25, -0.2) is 4.98 Å². The molecule has 4 heteroatoms. The second-order valence-electron chi connectivity index (χ2n) is 4.16. The van der Waals surface area contributed by atoms with Gasteiger partial charge in [0.15, 0.2) is 0 Å². The minimum Gasteiger partial charge on any atom is -0.321 e. The zero-order valence-corrected chi connectivity index (χ0v) is 8.16. The van der Waals surface area contributed by atoms with Crippen molar-refractivity contribution < 1.29 is 0 Å². The van der Waals surface area contributed by atoms with Crippen LogP contribution < -0.4 is 11.3 Å². The fourth-order valence-corrected chi connectivity index (χ4v) is 0.954. The molecular formula is C9H15N3O. The van der Waals surface area contributed by atoms with E-state index in [4.69, 9.17) is 5.73 Å². The molecule has 0 aromatic carbocycles. The molecule has 0 spiro atoms. The predicted octanol–water partition coefficient (Wildman–Crippen LogP) is 0.816. The molecule has 0 fully saturated rings. The number of nitrogens with zero attached hydrogens (tertiary/aromatic N) is 1. The van der Waals surface area contributed by atoms with E-state index in [1.165, 1.54) is 12.3 Å². The summed E-state index contributed by atoms with van der Waals surface area (Å²) >= 11 is 0. The Morgan fingerprint density at radius 3 is 2.62 bits per heavy atom. The molecule has 0 aliphatic rings. The van der Waals surface area contributed by atoms with Crippen molar-refractivity contribution in [3.8, 4) is 0 Å². The van der Waals surface area contributed by atoms with Gasteiger partial charge in [-0.2, -0.15) is 0 Å². The van der Waals surface area contributed by atoms with E-state index < -0.39 is 0 Å². The topological polar surface area (TPSA) is 71.8 Å². The Labute approximate surface area is 77.2 Å². The summed E-state index contributed by atoms with van der Waals surface area (Å²) in [4.78, 5) is 17.6. The molecule has 0 saturated heterocycles. The van der Waals surface area contributed by atoms with Crippen LogP contribution in [0.2, 0.25) is 0 Å². The van der Waals surface area contributed by atoms with Crippen molar-refractivity contribution in [1.29, 1.82) is 0 Å². The zero-order chi connectivity index (χ0) is 10.1. The quantitative estimate of drug-likeness (QED) is 0.673. The summed E-state index contributed by atoms with van der Waals surface area (Å²) in [5.74, 6) is 0.542. The van der Waals surface area contributed by atoms with E-state index in [0.717, 1.165) is 0 Å². The summed E-state index contributed by atoms with van der Waals surface area (Å²) in [5, 5.41) is 0. The van der Waals surface area contributed by atoms with E-state index in [2.05, 4.69) is 9.97 Å². The Kier molecular flexibility index (Phi) is 2.52. The first kappa shape index (κ1) is 9.92. The number of hydrogen-bond acceptors (Lipinski definition) is 3. The minimum absolute atomic E-state index is 0.0999. The van der Waals surface area contributed by atoms with E-state index in [-0.39, 0.29) is 17.0 Å². The Bertz CT molecular complexity index is 337. The molecular weight excluding hydrogens is 166 g/mol. The summed E-state index contributed by atoms with van der Waals surface area (Å²) in [7, 11) is 0. The smallest absolute Gasteiger partial charge is 0.250 e. The fraction of sp³-hybridized carbons (Fsp3) is 0.556. The fourth-order valence-electron chi connectivity index (χ4n) is 0.954. The molecule has 1 unspecified atom stereocenters. The third-order valence-corrected chi connectivity index (χ3v) is 1.92. The van der Waals surface area contributed by atoms with Gasteiger partial charge in [0, 0.05) is 12.3 Å². The van der Waals surface area contributed by atoms with Crippen LogP contribution in [0, 0.1) is 5.41 Å². The molecule has 72 valence electrons. The second-order valence-corrected chi connectivity index (χ2v) is 4.16. The molecule has 0 saturated carbocycles. The van der Waals surface area contributed by atoms with E-state index in [1.54, 1.807) is 0 Å². The lowest BCUT2D eigenvalue weighted by molar-refractivity contribution is 0.315. The molecule has 0 aliphatic carbocycles. The normalized spacial score (nSPS) is 14.2. The van der Waals surface area contributed by atoms with Gasteiger partial charge in [-0.1, -0.05) is 20.8 Å². The summed E-state index contributed by atoms with van der Waals surface area (Å²) in [6.45, 7) is 6.01.